The van der Waals surface area contributed by atoms with E-state index in [0.717, 1.165) is 19.1 Å². The maximum absolute atomic E-state index is 8.88. The highest BCUT2D eigenvalue weighted by atomic mass is 31.2. The lowest BCUT2D eigenvalue weighted by Crippen LogP contribution is -1.99. The molecule has 0 unspecified atom stereocenters. The molecule has 0 aromatic rings. The lowest BCUT2D eigenvalue weighted by molar-refractivity contribution is -0.700. The monoisotopic (exact) mass is 318 g/mol. The van der Waals surface area contributed by atoms with Crippen molar-refractivity contribution in [1.29, 1.82) is 0 Å². The quantitative estimate of drug-likeness (QED) is 0.163. The average Bonchev–Trinajstić information content (AvgIpc) is 2.34. The zero-order valence-corrected chi connectivity index (χ0v) is 12.4. The van der Waals surface area contributed by atoms with Crippen molar-refractivity contribution in [3.8, 4) is 0 Å². The van der Waals surface area contributed by atoms with Gasteiger partial charge in [-0.1, -0.05) is 45.6 Å². The van der Waals surface area contributed by atoms with Crippen LogP contribution in [0.1, 0.15) is 45.4 Å². The van der Waals surface area contributed by atoms with Gasteiger partial charge in [-0.2, -0.15) is 0 Å². The van der Waals surface area contributed by atoms with Crippen molar-refractivity contribution in [2.75, 3.05) is 6.61 Å². The fourth-order valence-corrected chi connectivity index (χ4v) is 1.05. The minimum Gasteiger partial charge on any atom is -0.315 e. The summed E-state index contributed by atoms with van der Waals surface area (Å²) in [5.41, 5.74) is 0. The molecule has 3 N–H and O–H groups in total. The third-order valence-electron chi connectivity index (χ3n) is 1.79. The second-order valence-corrected chi connectivity index (χ2v) is 4.60. The highest BCUT2D eigenvalue weighted by Crippen LogP contribution is 2.25. The summed E-state index contributed by atoms with van der Waals surface area (Å²) in [6.45, 7) is 5.89. The molecule has 0 saturated heterocycles. The Morgan fingerprint density at radius 3 is 2.10 bits per heavy atom. The maximum atomic E-state index is 8.88. The molecular formula is C10H23O9P. The molecule has 0 aliphatic rings. The Morgan fingerprint density at radius 1 is 1.00 bits per heavy atom. The van der Waals surface area contributed by atoms with Crippen molar-refractivity contribution in [2.45, 2.75) is 45.4 Å². The van der Waals surface area contributed by atoms with Gasteiger partial charge in [0.2, 0.25) is 0 Å². The molecule has 0 aromatic heterocycles. The molecule has 9 nitrogen and oxygen atoms in total. The summed E-state index contributed by atoms with van der Waals surface area (Å²) >= 11 is 0. The van der Waals surface area contributed by atoms with Gasteiger partial charge in [0.05, 0.1) is 6.61 Å². The van der Waals surface area contributed by atoms with Gasteiger partial charge >= 0.3 is 7.82 Å². The van der Waals surface area contributed by atoms with Crippen LogP contribution in [0, 0.1) is 0 Å². The zero-order valence-electron chi connectivity index (χ0n) is 11.5. The summed E-state index contributed by atoms with van der Waals surface area (Å²) in [4.78, 5) is 30.3. The predicted octanol–water partition coefficient (Wildman–Crippen LogP) is 2.30. The second kappa shape index (κ2) is 16.5. The van der Waals surface area contributed by atoms with Gasteiger partial charge in [-0.25, -0.2) is 9.45 Å². The molecule has 0 aromatic carbocycles. The van der Waals surface area contributed by atoms with Gasteiger partial charge in [0.15, 0.2) is 0 Å². The van der Waals surface area contributed by atoms with Crippen molar-refractivity contribution in [3.05, 3.63) is 12.8 Å². The first kappa shape index (κ1) is 21.8. The third-order valence-corrected chi connectivity index (χ3v) is 1.79. The Bertz CT molecular complexity index is 235. The maximum Gasteiger partial charge on any atom is 0.466 e. The van der Waals surface area contributed by atoms with Crippen LogP contribution in [-0.4, -0.2) is 21.3 Å². The summed E-state index contributed by atoms with van der Waals surface area (Å²) in [5.74, 6) is 0. The standard InChI is InChI=1S/C10H20O5.H3O4P/c1-3-5-6-7-8-9-10-12-14-15-13-11-4-2;1-5(2,3)4/h4H,2-3,5-10H2,1H3;(H3,1,2,3,4). The van der Waals surface area contributed by atoms with E-state index in [1.165, 1.54) is 25.7 Å². The SMILES string of the molecule is C=COOOOOCCCCCCCC.O=P(O)(O)O. The summed E-state index contributed by atoms with van der Waals surface area (Å²) in [6, 6.07) is 0. The summed E-state index contributed by atoms with van der Waals surface area (Å²) in [5, 5.41) is 12.1. The lowest BCUT2D eigenvalue weighted by atomic mass is 10.1. The van der Waals surface area contributed by atoms with Crippen LogP contribution in [-0.2, 0) is 29.5 Å². The van der Waals surface area contributed by atoms with Crippen LogP contribution in [0.4, 0.5) is 0 Å². The van der Waals surface area contributed by atoms with Crippen LogP contribution in [0.5, 0.6) is 0 Å². The smallest absolute Gasteiger partial charge is 0.315 e. The van der Waals surface area contributed by atoms with E-state index in [9.17, 15) is 0 Å². The summed E-state index contributed by atoms with van der Waals surface area (Å²) < 4.78 is 8.88. The Morgan fingerprint density at radius 2 is 1.55 bits per heavy atom. The van der Waals surface area contributed by atoms with Gasteiger partial charge in [-0.15, -0.1) is 0 Å². The van der Waals surface area contributed by atoms with Crippen molar-refractivity contribution >= 4 is 7.82 Å². The van der Waals surface area contributed by atoms with Gasteiger partial charge in [0.25, 0.3) is 0 Å². The fourth-order valence-electron chi connectivity index (χ4n) is 1.05. The third kappa shape index (κ3) is 36.0. The molecule has 20 heavy (non-hydrogen) atoms. The van der Waals surface area contributed by atoms with Gasteiger partial charge in [0, 0.05) is 10.1 Å². The van der Waals surface area contributed by atoms with Crippen LogP contribution in [0.25, 0.3) is 0 Å². The molecule has 0 bridgehead atoms. The zero-order chi connectivity index (χ0) is 15.7. The Kier molecular flexibility index (Phi) is 18.0. The Hall–Kier alpha value is -0.510. The fraction of sp³-hybridized carbons (Fsp3) is 0.800. The van der Waals surface area contributed by atoms with E-state index in [1.807, 2.05) is 0 Å². The molecule has 10 heteroatoms. The van der Waals surface area contributed by atoms with E-state index in [4.69, 9.17) is 19.2 Å². The van der Waals surface area contributed by atoms with Crippen LogP contribution >= 0.6 is 7.82 Å². The lowest BCUT2D eigenvalue weighted by Gasteiger charge is -2.01. The summed E-state index contributed by atoms with van der Waals surface area (Å²) in [6.07, 6.45) is 8.19. The van der Waals surface area contributed by atoms with Gasteiger partial charge in [-0.3, -0.25) is 0 Å². The highest BCUT2D eigenvalue weighted by Gasteiger charge is 2.00. The highest BCUT2D eigenvalue weighted by molar-refractivity contribution is 7.45. The topological polar surface area (TPSA) is 124 Å². The van der Waals surface area contributed by atoms with Crippen molar-refractivity contribution in [3.63, 3.8) is 0 Å². The first-order valence-corrected chi connectivity index (χ1v) is 7.65. The molecule has 0 spiro atoms. The molecule has 0 amide bonds. The molecule has 0 rings (SSSR count). The van der Waals surface area contributed by atoms with Gasteiger partial charge in [-0.05, 0) is 11.5 Å². The van der Waals surface area contributed by atoms with Gasteiger partial charge in [0.1, 0.15) is 6.26 Å². The van der Waals surface area contributed by atoms with Crippen molar-refractivity contribution in [2.24, 2.45) is 0 Å². The molecule has 0 heterocycles. The number of hydrogen-bond donors (Lipinski definition) is 3. The minimum atomic E-state index is -4.64. The van der Waals surface area contributed by atoms with Crippen LogP contribution in [0.3, 0.4) is 0 Å². The molecule has 0 aliphatic carbocycles. The van der Waals surface area contributed by atoms with E-state index in [-0.39, 0.29) is 0 Å². The predicted molar refractivity (Wildman–Crippen MR) is 68.1 cm³/mol. The normalized spacial score (nSPS) is 10.6. The molecule has 122 valence electrons. The Labute approximate surface area is 118 Å². The minimum absolute atomic E-state index is 0.476. The van der Waals surface area contributed by atoms with Crippen molar-refractivity contribution < 1.29 is 44.1 Å². The van der Waals surface area contributed by atoms with E-state index in [0.29, 0.717) is 6.61 Å². The molecule has 0 saturated carbocycles. The van der Waals surface area contributed by atoms with Crippen LogP contribution < -0.4 is 0 Å². The van der Waals surface area contributed by atoms with E-state index < -0.39 is 7.82 Å². The number of hydrogen-bond acceptors (Lipinski definition) is 6. The number of rotatable bonds is 12. The number of unbranched alkanes of at least 4 members (excludes halogenated alkanes) is 5. The van der Waals surface area contributed by atoms with Gasteiger partial charge < -0.3 is 19.6 Å². The average molecular weight is 318 g/mol. The molecule has 0 atom stereocenters. The molecule has 0 aliphatic heterocycles. The molecule has 0 fully saturated rings. The molecule has 0 radical (unpaired) electrons. The first-order chi connectivity index (χ1) is 9.41. The second-order valence-electron chi connectivity index (χ2n) is 3.57. The van der Waals surface area contributed by atoms with E-state index >= 15 is 0 Å². The Balaban J connectivity index is 0. The van der Waals surface area contributed by atoms with Crippen molar-refractivity contribution in [1.82, 2.24) is 0 Å². The first-order valence-electron chi connectivity index (χ1n) is 6.09. The van der Waals surface area contributed by atoms with Crippen LogP contribution in [0.15, 0.2) is 12.8 Å². The van der Waals surface area contributed by atoms with Crippen LogP contribution in [0.2, 0.25) is 0 Å². The van der Waals surface area contributed by atoms with E-state index in [1.54, 1.807) is 0 Å². The number of phosphoric acid groups is 1. The molecular weight excluding hydrogens is 295 g/mol. The van der Waals surface area contributed by atoms with E-state index in [2.05, 4.69) is 38.4 Å². The summed E-state index contributed by atoms with van der Waals surface area (Å²) in [7, 11) is -4.64. The largest absolute Gasteiger partial charge is 0.466 e.